The van der Waals surface area contributed by atoms with Crippen LogP contribution in [0.2, 0.25) is 0 Å². The zero-order valence-corrected chi connectivity index (χ0v) is 13.4. The molecule has 0 amide bonds. The molecule has 0 unspecified atom stereocenters. The molecule has 114 valence electrons. The topological polar surface area (TPSA) is 41.1 Å². The largest absolute Gasteiger partial charge is 0.378 e. The molecular formula is C17H19N3OS. The number of hydrogen-bond donors (Lipinski definition) is 1. The lowest BCUT2D eigenvalue weighted by atomic mass is 10.2. The van der Waals surface area contributed by atoms with Gasteiger partial charge in [0.1, 0.15) is 5.82 Å². The van der Waals surface area contributed by atoms with Crippen LogP contribution in [0, 0.1) is 6.92 Å². The smallest absolute Gasteiger partial charge is 0.126 e. The first-order valence-electron chi connectivity index (χ1n) is 7.60. The number of nitrogens with one attached hydrogen (secondary N) is 1. The van der Waals surface area contributed by atoms with Crippen molar-refractivity contribution in [2.45, 2.75) is 19.5 Å². The number of aromatic nitrogens is 2. The highest BCUT2D eigenvalue weighted by Gasteiger charge is 2.27. The molecule has 5 heteroatoms. The zero-order chi connectivity index (χ0) is 14.9. The van der Waals surface area contributed by atoms with E-state index in [0.717, 1.165) is 31.2 Å². The fourth-order valence-corrected chi connectivity index (χ4v) is 4.09. The third-order valence-electron chi connectivity index (χ3n) is 4.11. The maximum Gasteiger partial charge on any atom is 0.126 e. The van der Waals surface area contributed by atoms with E-state index in [-0.39, 0.29) is 6.04 Å². The number of fused-ring (bicyclic) bond motifs is 1. The van der Waals surface area contributed by atoms with Crippen molar-refractivity contribution in [2.75, 3.05) is 19.8 Å². The van der Waals surface area contributed by atoms with E-state index in [9.17, 15) is 0 Å². The highest BCUT2D eigenvalue weighted by Crippen LogP contribution is 2.30. The van der Waals surface area contributed by atoms with Gasteiger partial charge in [0.05, 0.1) is 19.3 Å². The van der Waals surface area contributed by atoms with Crippen molar-refractivity contribution in [1.82, 2.24) is 14.9 Å². The van der Waals surface area contributed by atoms with Crippen molar-refractivity contribution in [1.29, 1.82) is 0 Å². The number of ether oxygens (including phenoxy) is 1. The first-order chi connectivity index (χ1) is 10.8. The minimum Gasteiger partial charge on any atom is -0.378 e. The molecule has 1 aliphatic heterocycles. The first kappa shape index (κ1) is 13.9. The van der Waals surface area contributed by atoms with Crippen LogP contribution in [-0.4, -0.2) is 34.6 Å². The number of morpholine rings is 1. The molecule has 1 atom stereocenters. The molecule has 4 nitrogen and oxygen atoms in total. The third kappa shape index (κ3) is 2.67. The Labute approximate surface area is 133 Å². The summed E-state index contributed by atoms with van der Waals surface area (Å²) in [6, 6.07) is 11.1. The first-order valence-corrected chi connectivity index (χ1v) is 8.42. The average molecular weight is 313 g/mol. The summed E-state index contributed by atoms with van der Waals surface area (Å²) >= 11 is 1.88. The molecule has 0 radical (unpaired) electrons. The standard InChI is InChI=1S/C17H19N3OS/c1-12-9-18-17(19-12)15-11-21-7-6-20(15)10-14-8-13-4-2-3-5-16(13)22-14/h2-5,8-9,15H,6-7,10-11H2,1H3,(H,18,19)/t15-/m1/s1. The fourth-order valence-electron chi connectivity index (χ4n) is 3.00. The van der Waals surface area contributed by atoms with Crippen LogP contribution >= 0.6 is 11.3 Å². The zero-order valence-electron chi connectivity index (χ0n) is 12.6. The highest BCUT2D eigenvalue weighted by atomic mass is 32.1. The van der Waals surface area contributed by atoms with Gasteiger partial charge >= 0.3 is 0 Å². The van der Waals surface area contributed by atoms with Crippen molar-refractivity contribution >= 4 is 21.4 Å². The Morgan fingerprint density at radius 2 is 2.32 bits per heavy atom. The van der Waals surface area contributed by atoms with Gasteiger partial charge in [-0.2, -0.15) is 0 Å². The van der Waals surface area contributed by atoms with Gasteiger partial charge in [0.2, 0.25) is 0 Å². The van der Waals surface area contributed by atoms with Gasteiger partial charge in [0.15, 0.2) is 0 Å². The maximum atomic E-state index is 5.67. The van der Waals surface area contributed by atoms with Gasteiger partial charge in [-0.25, -0.2) is 4.98 Å². The van der Waals surface area contributed by atoms with Crippen molar-refractivity contribution in [3.05, 3.63) is 52.9 Å². The molecule has 1 N–H and O–H groups in total. The molecule has 0 spiro atoms. The van der Waals surface area contributed by atoms with Gasteiger partial charge in [0, 0.05) is 34.6 Å². The van der Waals surface area contributed by atoms with Crippen molar-refractivity contribution < 1.29 is 4.74 Å². The van der Waals surface area contributed by atoms with Gasteiger partial charge in [-0.3, -0.25) is 4.90 Å². The van der Waals surface area contributed by atoms with E-state index >= 15 is 0 Å². The number of benzene rings is 1. The van der Waals surface area contributed by atoms with Gasteiger partial charge in [-0.1, -0.05) is 18.2 Å². The summed E-state index contributed by atoms with van der Waals surface area (Å²) in [7, 11) is 0. The molecule has 1 saturated heterocycles. The van der Waals surface area contributed by atoms with Crippen LogP contribution in [0.25, 0.3) is 10.1 Å². The molecule has 1 aromatic carbocycles. The van der Waals surface area contributed by atoms with E-state index < -0.39 is 0 Å². The maximum absolute atomic E-state index is 5.67. The molecule has 3 aromatic rings. The molecule has 1 aliphatic rings. The summed E-state index contributed by atoms with van der Waals surface area (Å²) in [4.78, 5) is 11.7. The number of aromatic amines is 1. The number of imidazole rings is 1. The number of hydrogen-bond acceptors (Lipinski definition) is 4. The second-order valence-electron chi connectivity index (χ2n) is 5.76. The minimum absolute atomic E-state index is 0.215. The molecule has 1 fully saturated rings. The molecule has 22 heavy (non-hydrogen) atoms. The Balaban J connectivity index is 1.59. The number of rotatable bonds is 3. The van der Waals surface area contributed by atoms with E-state index in [1.165, 1.54) is 15.0 Å². The molecule has 0 bridgehead atoms. The molecule has 4 rings (SSSR count). The van der Waals surface area contributed by atoms with Gasteiger partial charge in [-0.05, 0) is 24.4 Å². The summed E-state index contributed by atoms with van der Waals surface area (Å²) in [6.07, 6.45) is 1.89. The van der Waals surface area contributed by atoms with Crippen molar-refractivity contribution in [3.8, 4) is 0 Å². The lowest BCUT2D eigenvalue weighted by molar-refractivity contribution is -0.0152. The number of nitrogens with zero attached hydrogens (tertiary/aromatic N) is 2. The number of thiophene rings is 1. The SMILES string of the molecule is Cc1cnc([C@H]2COCCN2Cc2cc3ccccc3s2)[nH]1. The third-order valence-corrected chi connectivity index (χ3v) is 5.21. The van der Waals surface area contributed by atoms with Crippen LogP contribution in [0.4, 0.5) is 0 Å². The Hall–Kier alpha value is -1.69. The predicted molar refractivity (Wildman–Crippen MR) is 89.1 cm³/mol. The Morgan fingerprint density at radius 3 is 3.14 bits per heavy atom. The van der Waals surface area contributed by atoms with Crippen LogP contribution in [0.15, 0.2) is 36.5 Å². The van der Waals surface area contributed by atoms with Crippen LogP contribution in [-0.2, 0) is 11.3 Å². The Morgan fingerprint density at radius 1 is 1.41 bits per heavy atom. The average Bonchev–Trinajstić information content (AvgIpc) is 3.13. The molecule has 3 heterocycles. The van der Waals surface area contributed by atoms with E-state index in [1.54, 1.807) is 0 Å². The summed E-state index contributed by atoms with van der Waals surface area (Å²) in [5, 5.41) is 1.33. The normalized spacial score (nSPS) is 19.8. The Bertz CT molecular complexity index is 746. The van der Waals surface area contributed by atoms with Crippen molar-refractivity contribution in [2.24, 2.45) is 0 Å². The van der Waals surface area contributed by atoms with E-state index in [1.807, 2.05) is 24.5 Å². The van der Waals surface area contributed by atoms with E-state index in [2.05, 4.69) is 45.2 Å². The molecular weight excluding hydrogens is 294 g/mol. The lowest BCUT2D eigenvalue weighted by Gasteiger charge is -2.34. The van der Waals surface area contributed by atoms with Crippen LogP contribution in [0.5, 0.6) is 0 Å². The van der Waals surface area contributed by atoms with Gasteiger partial charge < -0.3 is 9.72 Å². The van der Waals surface area contributed by atoms with Crippen molar-refractivity contribution in [3.63, 3.8) is 0 Å². The molecule has 2 aromatic heterocycles. The lowest BCUT2D eigenvalue weighted by Crippen LogP contribution is -2.39. The summed E-state index contributed by atoms with van der Waals surface area (Å²) in [6.45, 7) is 5.43. The summed E-state index contributed by atoms with van der Waals surface area (Å²) < 4.78 is 7.03. The van der Waals surface area contributed by atoms with E-state index in [4.69, 9.17) is 4.74 Å². The number of H-pyrrole nitrogens is 1. The monoisotopic (exact) mass is 313 g/mol. The second kappa shape index (κ2) is 5.83. The van der Waals surface area contributed by atoms with Gasteiger partial charge in [0.25, 0.3) is 0 Å². The van der Waals surface area contributed by atoms with E-state index in [0.29, 0.717) is 6.61 Å². The number of aryl methyl sites for hydroxylation is 1. The van der Waals surface area contributed by atoms with Gasteiger partial charge in [-0.15, -0.1) is 11.3 Å². The quantitative estimate of drug-likeness (QED) is 0.804. The fraction of sp³-hybridized carbons (Fsp3) is 0.353. The predicted octanol–water partition coefficient (Wildman–Crippen LogP) is 3.51. The minimum atomic E-state index is 0.215. The molecule has 0 aliphatic carbocycles. The summed E-state index contributed by atoms with van der Waals surface area (Å²) in [5.41, 5.74) is 1.10. The Kier molecular flexibility index (Phi) is 3.70. The summed E-state index contributed by atoms with van der Waals surface area (Å²) in [5.74, 6) is 1.01. The molecule has 0 saturated carbocycles. The van der Waals surface area contributed by atoms with Crippen LogP contribution in [0.1, 0.15) is 22.4 Å². The van der Waals surface area contributed by atoms with Crippen LogP contribution < -0.4 is 0 Å². The van der Waals surface area contributed by atoms with Crippen LogP contribution in [0.3, 0.4) is 0 Å². The highest BCUT2D eigenvalue weighted by molar-refractivity contribution is 7.19. The second-order valence-corrected chi connectivity index (χ2v) is 6.93.